The molecule has 0 aliphatic carbocycles. The van der Waals surface area contributed by atoms with Crippen LogP contribution < -0.4 is 0 Å². The van der Waals surface area contributed by atoms with E-state index in [2.05, 4.69) is 4.74 Å². The van der Waals surface area contributed by atoms with E-state index in [1.165, 1.54) is 6.92 Å². The average molecular weight is 216 g/mol. The van der Waals surface area contributed by atoms with Crippen LogP contribution in [0.1, 0.15) is 27.2 Å². The fourth-order valence-corrected chi connectivity index (χ4v) is 0.941. The maximum atomic E-state index is 11.2. The maximum absolute atomic E-state index is 11.2. The number of hydrogen-bond donors (Lipinski definition) is 0. The van der Waals surface area contributed by atoms with Gasteiger partial charge in [0.05, 0.1) is 19.1 Å². The summed E-state index contributed by atoms with van der Waals surface area (Å²) in [5.41, 5.74) is 0. The van der Waals surface area contributed by atoms with Gasteiger partial charge in [0.1, 0.15) is 0 Å². The molecular formula is C10H16O5. The number of carbonyl (C=O) groups is 3. The van der Waals surface area contributed by atoms with Crippen molar-refractivity contribution in [3.63, 3.8) is 0 Å². The Balaban J connectivity index is 4.06. The zero-order valence-corrected chi connectivity index (χ0v) is 9.24. The minimum absolute atomic E-state index is 0.151. The molecule has 0 aliphatic heterocycles. The number of ketones is 1. The number of Topliss-reactive ketones (excluding diaryl/α,β-unsaturated/α-hetero) is 1. The summed E-state index contributed by atoms with van der Waals surface area (Å²) < 4.78 is 9.20. The second kappa shape index (κ2) is 6.98. The van der Waals surface area contributed by atoms with Gasteiger partial charge >= 0.3 is 11.9 Å². The third-order valence-corrected chi connectivity index (χ3v) is 1.68. The molecule has 1 atom stereocenters. The molecule has 0 unspecified atom stereocenters. The number of carbonyl (C=O) groups excluding carboxylic acids is 3. The lowest BCUT2D eigenvalue weighted by Crippen LogP contribution is -2.24. The number of esters is 2. The molecule has 0 aromatic carbocycles. The SMILES string of the molecule is CCOC(=O)C(=O)C[C@@H](C)C(=O)OCC. The Morgan fingerprint density at radius 3 is 2.07 bits per heavy atom. The summed E-state index contributed by atoms with van der Waals surface area (Å²) in [5.74, 6) is -2.68. The summed E-state index contributed by atoms with van der Waals surface area (Å²) >= 11 is 0. The van der Waals surface area contributed by atoms with Gasteiger partial charge in [-0.1, -0.05) is 6.92 Å². The van der Waals surface area contributed by atoms with Gasteiger partial charge in [0.25, 0.3) is 0 Å². The van der Waals surface area contributed by atoms with Crippen LogP contribution in [-0.4, -0.2) is 30.9 Å². The van der Waals surface area contributed by atoms with Crippen molar-refractivity contribution in [2.45, 2.75) is 27.2 Å². The van der Waals surface area contributed by atoms with Gasteiger partial charge in [0.15, 0.2) is 0 Å². The average Bonchev–Trinajstić information content (AvgIpc) is 2.18. The van der Waals surface area contributed by atoms with E-state index in [-0.39, 0.29) is 19.6 Å². The summed E-state index contributed by atoms with van der Waals surface area (Å²) in [4.78, 5) is 33.2. The molecule has 0 radical (unpaired) electrons. The van der Waals surface area contributed by atoms with Crippen LogP contribution in [0.25, 0.3) is 0 Å². The van der Waals surface area contributed by atoms with Gasteiger partial charge in [0, 0.05) is 6.42 Å². The molecule has 5 nitrogen and oxygen atoms in total. The molecule has 0 aromatic rings. The van der Waals surface area contributed by atoms with Gasteiger partial charge in [-0.2, -0.15) is 0 Å². The highest BCUT2D eigenvalue weighted by molar-refractivity contribution is 6.33. The highest BCUT2D eigenvalue weighted by Gasteiger charge is 2.23. The van der Waals surface area contributed by atoms with Crippen LogP contribution in [0, 0.1) is 5.92 Å². The number of rotatable bonds is 6. The van der Waals surface area contributed by atoms with Crippen LogP contribution in [-0.2, 0) is 23.9 Å². The second-order valence-corrected chi connectivity index (χ2v) is 3.00. The maximum Gasteiger partial charge on any atom is 0.374 e. The Labute approximate surface area is 88.7 Å². The van der Waals surface area contributed by atoms with Crippen molar-refractivity contribution in [1.82, 2.24) is 0 Å². The highest BCUT2D eigenvalue weighted by Crippen LogP contribution is 2.06. The predicted molar refractivity (Wildman–Crippen MR) is 52.1 cm³/mol. The molecule has 0 rings (SSSR count). The van der Waals surface area contributed by atoms with E-state index in [9.17, 15) is 14.4 Å². The Bertz CT molecular complexity index is 246. The van der Waals surface area contributed by atoms with Gasteiger partial charge in [-0.3, -0.25) is 9.59 Å². The topological polar surface area (TPSA) is 69.7 Å². The first-order valence-electron chi connectivity index (χ1n) is 4.89. The van der Waals surface area contributed by atoms with Crippen LogP contribution in [0.4, 0.5) is 0 Å². The molecule has 0 fully saturated rings. The van der Waals surface area contributed by atoms with Crippen molar-refractivity contribution in [2.24, 2.45) is 5.92 Å². The van der Waals surface area contributed by atoms with E-state index in [4.69, 9.17) is 4.74 Å². The first kappa shape index (κ1) is 13.6. The van der Waals surface area contributed by atoms with Crippen molar-refractivity contribution in [3.8, 4) is 0 Å². The number of hydrogen-bond acceptors (Lipinski definition) is 5. The first-order chi connectivity index (χ1) is 7.02. The molecule has 15 heavy (non-hydrogen) atoms. The molecule has 0 aromatic heterocycles. The molecule has 5 heteroatoms. The summed E-state index contributed by atoms with van der Waals surface area (Å²) in [6, 6.07) is 0. The zero-order valence-electron chi connectivity index (χ0n) is 9.24. The lowest BCUT2D eigenvalue weighted by atomic mass is 10.1. The van der Waals surface area contributed by atoms with Gasteiger partial charge in [-0.05, 0) is 13.8 Å². The Hall–Kier alpha value is -1.39. The van der Waals surface area contributed by atoms with E-state index in [0.29, 0.717) is 0 Å². The van der Waals surface area contributed by atoms with Crippen molar-refractivity contribution in [2.75, 3.05) is 13.2 Å². The van der Waals surface area contributed by atoms with Crippen molar-refractivity contribution < 1.29 is 23.9 Å². The molecular weight excluding hydrogens is 200 g/mol. The lowest BCUT2D eigenvalue weighted by Gasteiger charge is -2.08. The van der Waals surface area contributed by atoms with Crippen molar-refractivity contribution in [3.05, 3.63) is 0 Å². The van der Waals surface area contributed by atoms with Gasteiger partial charge in [-0.25, -0.2) is 4.79 Å². The Morgan fingerprint density at radius 1 is 1.07 bits per heavy atom. The minimum Gasteiger partial charge on any atom is -0.466 e. The smallest absolute Gasteiger partial charge is 0.374 e. The largest absolute Gasteiger partial charge is 0.466 e. The molecule has 0 heterocycles. The summed E-state index contributed by atoms with van der Waals surface area (Å²) in [5, 5.41) is 0. The third kappa shape index (κ3) is 5.15. The summed E-state index contributed by atoms with van der Waals surface area (Å²) in [6.07, 6.45) is -0.169. The monoisotopic (exact) mass is 216 g/mol. The van der Waals surface area contributed by atoms with E-state index in [1.807, 2.05) is 0 Å². The predicted octanol–water partition coefficient (Wildman–Crippen LogP) is 0.708. The molecule has 86 valence electrons. The van der Waals surface area contributed by atoms with Crippen LogP contribution in [0.15, 0.2) is 0 Å². The molecule has 0 bridgehead atoms. The van der Waals surface area contributed by atoms with Crippen molar-refractivity contribution in [1.29, 1.82) is 0 Å². The Morgan fingerprint density at radius 2 is 1.60 bits per heavy atom. The molecule has 0 saturated carbocycles. The third-order valence-electron chi connectivity index (χ3n) is 1.68. The van der Waals surface area contributed by atoms with Crippen LogP contribution in [0.5, 0.6) is 0 Å². The lowest BCUT2D eigenvalue weighted by molar-refractivity contribution is -0.156. The zero-order chi connectivity index (χ0) is 11.8. The van der Waals surface area contributed by atoms with Gasteiger partial charge in [0.2, 0.25) is 5.78 Å². The molecule has 0 aliphatic rings. The highest BCUT2D eigenvalue weighted by atomic mass is 16.5. The van der Waals surface area contributed by atoms with Crippen LogP contribution in [0.3, 0.4) is 0 Å². The van der Waals surface area contributed by atoms with E-state index in [1.54, 1.807) is 13.8 Å². The van der Waals surface area contributed by atoms with E-state index in [0.717, 1.165) is 0 Å². The minimum atomic E-state index is -0.895. The van der Waals surface area contributed by atoms with Crippen LogP contribution >= 0.6 is 0 Å². The van der Waals surface area contributed by atoms with E-state index < -0.39 is 23.6 Å². The second-order valence-electron chi connectivity index (χ2n) is 3.00. The standard InChI is InChI=1S/C10H16O5/c1-4-14-9(12)7(3)6-8(11)10(13)15-5-2/h7H,4-6H2,1-3H3/t7-/m1/s1. The van der Waals surface area contributed by atoms with Crippen LogP contribution in [0.2, 0.25) is 0 Å². The summed E-state index contributed by atoms with van der Waals surface area (Å²) in [6.45, 7) is 5.24. The Kier molecular flexibility index (Phi) is 6.33. The van der Waals surface area contributed by atoms with Gasteiger partial charge in [-0.15, -0.1) is 0 Å². The fraction of sp³-hybridized carbons (Fsp3) is 0.700. The molecule has 0 spiro atoms. The molecule has 0 amide bonds. The van der Waals surface area contributed by atoms with E-state index >= 15 is 0 Å². The normalized spacial score (nSPS) is 11.7. The fourth-order valence-electron chi connectivity index (χ4n) is 0.941. The molecule has 0 N–H and O–H groups in total. The quantitative estimate of drug-likeness (QED) is 0.483. The van der Waals surface area contributed by atoms with Crippen molar-refractivity contribution >= 4 is 17.7 Å². The summed E-state index contributed by atoms with van der Waals surface area (Å²) in [7, 11) is 0. The number of ether oxygens (including phenoxy) is 2. The first-order valence-corrected chi connectivity index (χ1v) is 4.89. The molecule has 0 saturated heterocycles. The van der Waals surface area contributed by atoms with Gasteiger partial charge < -0.3 is 9.47 Å².